The summed E-state index contributed by atoms with van der Waals surface area (Å²) < 4.78 is 7.21. The van der Waals surface area contributed by atoms with E-state index in [2.05, 4.69) is 15.5 Å². The van der Waals surface area contributed by atoms with Gasteiger partial charge in [-0.1, -0.05) is 41.0 Å². The maximum atomic E-state index is 12.5. The van der Waals surface area contributed by atoms with Gasteiger partial charge in [0.05, 0.1) is 12.4 Å². The Kier molecular flexibility index (Phi) is 4.95. The fourth-order valence-corrected chi connectivity index (χ4v) is 3.05. The summed E-state index contributed by atoms with van der Waals surface area (Å²) in [7, 11) is 0. The van der Waals surface area contributed by atoms with Crippen LogP contribution in [0, 0.1) is 0 Å². The van der Waals surface area contributed by atoms with Crippen molar-refractivity contribution in [1.29, 1.82) is 0 Å². The van der Waals surface area contributed by atoms with E-state index in [1.807, 2.05) is 54.1 Å². The van der Waals surface area contributed by atoms with Crippen LogP contribution in [-0.2, 0) is 0 Å². The molecule has 2 aromatic heterocycles. The lowest BCUT2D eigenvalue weighted by Gasteiger charge is -2.14. The average Bonchev–Trinajstić information content (AvgIpc) is 3.40. The van der Waals surface area contributed by atoms with Crippen molar-refractivity contribution in [3.05, 3.63) is 89.6 Å². The van der Waals surface area contributed by atoms with Crippen LogP contribution >= 0.6 is 11.6 Å². The molecular formula is C21H17ClN4O2. The van der Waals surface area contributed by atoms with Crippen molar-refractivity contribution < 1.29 is 9.32 Å². The summed E-state index contributed by atoms with van der Waals surface area (Å²) in [5.74, 6) is 0.188. The first-order chi connectivity index (χ1) is 13.6. The number of nitrogens with one attached hydrogen (secondary N) is 1. The topological polar surface area (TPSA) is 73.0 Å². The maximum absolute atomic E-state index is 12.5. The molecule has 4 aromatic rings. The third-order valence-electron chi connectivity index (χ3n) is 4.40. The van der Waals surface area contributed by atoms with Crippen LogP contribution < -0.4 is 5.32 Å². The third kappa shape index (κ3) is 3.82. The molecule has 28 heavy (non-hydrogen) atoms. The monoisotopic (exact) mass is 392 g/mol. The van der Waals surface area contributed by atoms with Gasteiger partial charge in [-0.2, -0.15) is 0 Å². The van der Waals surface area contributed by atoms with Crippen LogP contribution in [-0.4, -0.2) is 20.6 Å². The normalized spacial score (nSPS) is 11.9. The van der Waals surface area contributed by atoms with Gasteiger partial charge in [-0.3, -0.25) is 4.79 Å². The van der Waals surface area contributed by atoms with Crippen molar-refractivity contribution in [3.8, 4) is 17.0 Å². The number of halogens is 1. The van der Waals surface area contributed by atoms with Crippen molar-refractivity contribution in [1.82, 2.24) is 20.0 Å². The van der Waals surface area contributed by atoms with Gasteiger partial charge in [0.15, 0.2) is 11.5 Å². The second kappa shape index (κ2) is 7.70. The summed E-state index contributed by atoms with van der Waals surface area (Å²) >= 11 is 6.00. The van der Waals surface area contributed by atoms with E-state index in [-0.39, 0.29) is 17.6 Å². The van der Waals surface area contributed by atoms with Crippen LogP contribution in [0.25, 0.3) is 17.0 Å². The van der Waals surface area contributed by atoms with E-state index in [0.29, 0.717) is 10.8 Å². The quantitative estimate of drug-likeness (QED) is 0.535. The number of benzene rings is 2. The molecule has 1 N–H and O–H groups in total. The standard InChI is InChI=1S/C21H17ClN4O2/c1-14(15-5-7-18(8-6-15)26-10-9-23-13-26)24-21(27)19-12-20(28-25-19)16-3-2-4-17(22)11-16/h2-14H,1H3,(H,24,27)/t14-/m1/s1. The average molecular weight is 393 g/mol. The molecule has 0 spiro atoms. The minimum atomic E-state index is -0.303. The predicted molar refractivity (Wildman–Crippen MR) is 106 cm³/mol. The zero-order valence-electron chi connectivity index (χ0n) is 15.0. The molecule has 0 saturated carbocycles. The number of rotatable bonds is 5. The molecule has 6 nitrogen and oxygen atoms in total. The Bertz CT molecular complexity index is 1090. The number of hydrogen-bond acceptors (Lipinski definition) is 4. The van der Waals surface area contributed by atoms with Gasteiger partial charge in [0, 0.05) is 34.7 Å². The van der Waals surface area contributed by atoms with Crippen LogP contribution in [0.15, 0.2) is 77.8 Å². The molecule has 1 atom stereocenters. The summed E-state index contributed by atoms with van der Waals surface area (Å²) in [5.41, 5.74) is 2.97. The van der Waals surface area contributed by atoms with E-state index in [0.717, 1.165) is 16.8 Å². The second-order valence-corrected chi connectivity index (χ2v) is 6.78. The van der Waals surface area contributed by atoms with Gasteiger partial charge in [0.25, 0.3) is 5.91 Å². The molecular weight excluding hydrogens is 376 g/mol. The number of nitrogens with zero attached hydrogens (tertiary/aromatic N) is 3. The Hall–Kier alpha value is -3.38. The van der Waals surface area contributed by atoms with Gasteiger partial charge in [-0.05, 0) is 36.8 Å². The highest BCUT2D eigenvalue weighted by molar-refractivity contribution is 6.30. The largest absolute Gasteiger partial charge is 0.355 e. The summed E-state index contributed by atoms with van der Waals surface area (Å²) in [6.07, 6.45) is 5.34. The van der Waals surface area contributed by atoms with Crippen LogP contribution in [0.1, 0.15) is 29.0 Å². The highest BCUT2D eigenvalue weighted by Crippen LogP contribution is 2.24. The molecule has 1 amide bonds. The molecule has 2 aromatic carbocycles. The Balaban J connectivity index is 1.45. The summed E-state index contributed by atoms with van der Waals surface area (Å²) in [6, 6.07) is 16.5. The van der Waals surface area contributed by atoms with Gasteiger partial charge in [-0.25, -0.2) is 4.98 Å². The van der Waals surface area contributed by atoms with E-state index >= 15 is 0 Å². The number of hydrogen-bond donors (Lipinski definition) is 1. The van der Waals surface area contributed by atoms with Crippen LogP contribution in [0.2, 0.25) is 5.02 Å². The van der Waals surface area contributed by atoms with Crippen molar-refractivity contribution in [2.75, 3.05) is 0 Å². The highest BCUT2D eigenvalue weighted by atomic mass is 35.5. The number of amides is 1. The minimum absolute atomic E-state index is 0.185. The van der Waals surface area contributed by atoms with E-state index in [4.69, 9.17) is 16.1 Å². The number of carbonyl (C=O) groups excluding carboxylic acids is 1. The molecule has 140 valence electrons. The van der Waals surface area contributed by atoms with Gasteiger partial charge in [0.1, 0.15) is 0 Å². The maximum Gasteiger partial charge on any atom is 0.273 e. The van der Waals surface area contributed by atoms with Gasteiger partial charge < -0.3 is 14.4 Å². The first-order valence-corrected chi connectivity index (χ1v) is 9.10. The molecule has 0 fully saturated rings. The molecule has 7 heteroatoms. The number of carbonyl (C=O) groups is 1. The Morgan fingerprint density at radius 1 is 1.18 bits per heavy atom. The van der Waals surface area contributed by atoms with Gasteiger partial charge in [0.2, 0.25) is 0 Å². The third-order valence-corrected chi connectivity index (χ3v) is 4.63. The lowest BCUT2D eigenvalue weighted by Crippen LogP contribution is -2.26. The zero-order valence-corrected chi connectivity index (χ0v) is 15.8. The highest BCUT2D eigenvalue weighted by Gasteiger charge is 2.17. The molecule has 0 aliphatic rings. The molecule has 0 aliphatic carbocycles. The van der Waals surface area contributed by atoms with Crippen LogP contribution in [0.3, 0.4) is 0 Å². The lowest BCUT2D eigenvalue weighted by molar-refractivity contribution is 0.0931. The molecule has 4 rings (SSSR count). The van der Waals surface area contributed by atoms with Crippen molar-refractivity contribution in [3.63, 3.8) is 0 Å². The fraction of sp³-hybridized carbons (Fsp3) is 0.0952. The number of aromatic nitrogens is 3. The fourth-order valence-electron chi connectivity index (χ4n) is 2.86. The smallest absolute Gasteiger partial charge is 0.273 e. The number of imidazole rings is 1. The van der Waals surface area contributed by atoms with E-state index in [1.165, 1.54) is 0 Å². The van der Waals surface area contributed by atoms with Crippen LogP contribution in [0.4, 0.5) is 0 Å². The van der Waals surface area contributed by atoms with Gasteiger partial charge >= 0.3 is 0 Å². The van der Waals surface area contributed by atoms with Crippen LogP contribution in [0.5, 0.6) is 0 Å². The van der Waals surface area contributed by atoms with Crippen molar-refractivity contribution >= 4 is 17.5 Å². The predicted octanol–water partition coefficient (Wildman–Crippen LogP) is 4.67. The molecule has 0 radical (unpaired) electrons. The first-order valence-electron chi connectivity index (χ1n) is 8.72. The lowest BCUT2D eigenvalue weighted by atomic mass is 10.1. The molecule has 0 unspecified atom stereocenters. The molecule has 0 bridgehead atoms. The second-order valence-electron chi connectivity index (χ2n) is 6.34. The first kappa shape index (κ1) is 18.0. The SMILES string of the molecule is C[C@@H](NC(=O)c1cc(-c2cccc(Cl)c2)on1)c1ccc(-n2ccnc2)cc1. The summed E-state index contributed by atoms with van der Waals surface area (Å²) in [4.78, 5) is 16.6. The van der Waals surface area contributed by atoms with Gasteiger partial charge in [-0.15, -0.1) is 0 Å². The van der Waals surface area contributed by atoms with E-state index < -0.39 is 0 Å². The summed E-state index contributed by atoms with van der Waals surface area (Å²) in [6.45, 7) is 1.92. The van der Waals surface area contributed by atoms with Crippen molar-refractivity contribution in [2.45, 2.75) is 13.0 Å². The Labute approximate surface area is 166 Å². The molecule has 0 saturated heterocycles. The Morgan fingerprint density at radius 2 is 2.00 bits per heavy atom. The molecule has 2 heterocycles. The van der Waals surface area contributed by atoms with E-state index in [9.17, 15) is 4.79 Å². The summed E-state index contributed by atoms with van der Waals surface area (Å²) in [5, 5.41) is 7.40. The van der Waals surface area contributed by atoms with Crippen molar-refractivity contribution in [2.24, 2.45) is 0 Å². The Morgan fingerprint density at radius 3 is 2.71 bits per heavy atom. The molecule has 0 aliphatic heterocycles. The minimum Gasteiger partial charge on any atom is -0.355 e. The van der Waals surface area contributed by atoms with E-state index in [1.54, 1.807) is 30.7 Å². The zero-order chi connectivity index (χ0) is 19.5.